The van der Waals surface area contributed by atoms with Gasteiger partial charge in [0, 0.05) is 19.0 Å². The Hall–Kier alpha value is -3.36. The minimum atomic E-state index is 0.390. The number of aryl methyl sites for hydroxylation is 1. The molecule has 4 aromatic carbocycles. The number of hydrogen-bond acceptors (Lipinski definition) is 2. The molecule has 0 saturated heterocycles. The lowest BCUT2D eigenvalue weighted by Crippen LogP contribution is -2.33. The highest BCUT2D eigenvalue weighted by Gasteiger charge is 2.23. The van der Waals surface area contributed by atoms with E-state index < -0.39 is 0 Å². The summed E-state index contributed by atoms with van der Waals surface area (Å²) in [7, 11) is 0. The molecule has 1 unspecified atom stereocenters. The van der Waals surface area contributed by atoms with Gasteiger partial charge in [-0.3, -0.25) is 4.90 Å². The van der Waals surface area contributed by atoms with Gasteiger partial charge < -0.3 is 5.11 Å². The zero-order chi connectivity index (χ0) is 23.9. The Morgan fingerprint density at radius 3 is 2.03 bits per heavy atom. The molecule has 0 radical (unpaired) electrons. The van der Waals surface area contributed by atoms with Crippen molar-refractivity contribution in [3.63, 3.8) is 0 Å². The Labute approximate surface area is 209 Å². The van der Waals surface area contributed by atoms with Crippen LogP contribution in [0.3, 0.4) is 0 Å². The lowest BCUT2D eigenvalue weighted by Gasteiger charge is -2.32. The first-order valence-electron chi connectivity index (χ1n) is 12.9. The summed E-state index contributed by atoms with van der Waals surface area (Å²) < 4.78 is 0. The molecule has 2 nitrogen and oxygen atoms in total. The van der Waals surface area contributed by atoms with Gasteiger partial charge in [-0.15, -0.1) is 0 Å². The average molecular weight is 462 g/mol. The second-order valence-electron chi connectivity index (χ2n) is 9.95. The highest BCUT2D eigenvalue weighted by atomic mass is 16.3. The Bertz CT molecular complexity index is 1150. The van der Waals surface area contributed by atoms with E-state index in [0.29, 0.717) is 17.6 Å². The summed E-state index contributed by atoms with van der Waals surface area (Å²) >= 11 is 0. The van der Waals surface area contributed by atoms with Crippen molar-refractivity contribution in [2.24, 2.45) is 5.92 Å². The standard InChI is InChI=1S/C33H35NO/c35-32-19-18-30-22-27(16-17-31(30)23-32)25-34(24-26-10-4-1-5-11-26)21-20-33(28-12-6-2-7-13-28)29-14-8-3-9-15-29/h1-15,18-19,23,27,33,35H,16-17,20-22,24-25H2. The topological polar surface area (TPSA) is 23.5 Å². The fraction of sp³-hybridized carbons (Fsp3) is 0.273. The Morgan fingerprint density at radius 2 is 1.37 bits per heavy atom. The number of phenols is 1. The molecule has 0 aromatic heterocycles. The SMILES string of the molecule is Oc1ccc2c(c1)CCC(CN(CCC(c1ccccc1)c1ccccc1)Cc1ccccc1)C2. The zero-order valence-corrected chi connectivity index (χ0v) is 20.4. The molecule has 0 fully saturated rings. The molecule has 1 aliphatic carbocycles. The molecule has 178 valence electrons. The highest BCUT2D eigenvalue weighted by Crippen LogP contribution is 2.31. The predicted molar refractivity (Wildman–Crippen MR) is 145 cm³/mol. The first-order valence-corrected chi connectivity index (χ1v) is 12.9. The lowest BCUT2D eigenvalue weighted by molar-refractivity contribution is 0.207. The third-order valence-corrected chi connectivity index (χ3v) is 7.42. The molecule has 0 spiro atoms. The molecule has 2 heteroatoms. The van der Waals surface area contributed by atoms with E-state index in [1.807, 2.05) is 12.1 Å². The number of hydrogen-bond donors (Lipinski definition) is 1. The van der Waals surface area contributed by atoms with Crippen LogP contribution in [0.25, 0.3) is 0 Å². The molecule has 5 rings (SSSR count). The summed E-state index contributed by atoms with van der Waals surface area (Å²) in [4.78, 5) is 2.67. The van der Waals surface area contributed by atoms with Gasteiger partial charge in [-0.2, -0.15) is 0 Å². The van der Waals surface area contributed by atoms with Crippen LogP contribution >= 0.6 is 0 Å². The molecule has 1 atom stereocenters. The molecular weight excluding hydrogens is 426 g/mol. The lowest BCUT2D eigenvalue weighted by atomic mass is 9.83. The molecular formula is C33H35NO. The van der Waals surface area contributed by atoms with E-state index in [2.05, 4.69) is 102 Å². The molecule has 0 saturated carbocycles. The van der Waals surface area contributed by atoms with Crippen molar-refractivity contribution in [1.82, 2.24) is 4.90 Å². The maximum atomic E-state index is 9.87. The van der Waals surface area contributed by atoms with E-state index in [0.717, 1.165) is 38.9 Å². The summed E-state index contributed by atoms with van der Waals surface area (Å²) in [5.41, 5.74) is 6.90. The first kappa shape index (κ1) is 23.4. The van der Waals surface area contributed by atoms with E-state index in [-0.39, 0.29) is 0 Å². The summed E-state index contributed by atoms with van der Waals surface area (Å²) in [6, 6.07) is 38.7. The van der Waals surface area contributed by atoms with Crippen molar-refractivity contribution < 1.29 is 5.11 Å². The smallest absolute Gasteiger partial charge is 0.115 e. The number of benzene rings is 4. The highest BCUT2D eigenvalue weighted by molar-refractivity contribution is 5.37. The molecule has 1 N–H and O–H groups in total. The van der Waals surface area contributed by atoms with Gasteiger partial charge in [0.1, 0.15) is 5.75 Å². The number of fused-ring (bicyclic) bond motifs is 1. The minimum absolute atomic E-state index is 0.390. The van der Waals surface area contributed by atoms with Crippen LogP contribution in [0.15, 0.2) is 109 Å². The van der Waals surface area contributed by atoms with Crippen LogP contribution in [0.4, 0.5) is 0 Å². The van der Waals surface area contributed by atoms with E-state index in [1.165, 1.54) is 34.2 Å². The van der Waals surface area contributed by atoms with Crippen LogP contribution in [-0.2, 0) is 19.4 Å². The molecule has 4 aromatic rings. The normalized spacial score (nSPS) is 15.3. The van der Waals surface area contributed by atoms with E-state index in [4.69, 9.17) is 0 Å². The fourth-order valence-corrected chi connectivity index (χ4v) is 5.62. The van der Waals surface area contributed by atoms with E-state index >= 15 is 0 Å². The Morgan fingerprint density at radius 1 is 0.743 bits per heavy atom. The third-order valence-electron chi connectivity index (χ3n) is 7.42. The van der Waals surface area contributed by atoms with E-state index in [9.17, 15) is 5.11 Å². The van der Waals surface area contributed by atoms with Crippen LogP contribution in [0.2, 0.25) is 0 Å². The van der Waals surface area contributed by atoms with Crippen LogP contribution in [0.5, 0.6) is 5.75 Å². The van der Waals surface area contributed by atoms with Crippen molar-refractivity contribution >= 4 is 0 Å². The van der Waals surface area contributed by atoms with Gasteiger partial charge in [0.25, 0.3) is 0 Å². The molecule has 35 heavy (non-hydrogen) atoms. The van der Waals surface area contributed by atoms with E-state index in [1.54, 1.807) is 0 Å². The Kier molecular flexibility index (Phi) is 7.60. The van der Waals surface area contributed by atoms with Gasteiger partial charge in [0.05, 0.1) is 0 Å². The summed E-state index contributed by atoms with van der Waals surface area (Å²) in [6.45, 7) is 3.14. The van der Waals surface area contributed by atoms with Crippen LogP contribution in [-0.4, -0.2) is 23.1 Å². The van der Waals surface area contributed by atoms with Gasteiger partial charge in [0.15, 0.2) is 0 Å². The number of rotatable bonds is 9. The van der Waals surface area contributed by atoms with Gasteiger partial charge in [-0.05, 0) is 78.1 Å². The van der Waals surface area contributed by atoms with Crippen molar-refractivity contribution in [3.8, 4) is 5.75 Å². The third kappa shape index (κ3) is 6.21. The maximum Gasteiger partial charge on any atom is 0.115 e. The van der Waals surface area contributed by atoms with Gasteiger partial charge >= 0.3 is 0 Å². The minimum Gasteiger partial charge on any atom is -0.508 e. The molecule has 1 aliphatic rings. The largest absolute Gasteiger partial charge is 0.508 e. The zero-order valence-electron chi connectivity index (χ0n) is 20.4. The summed E-state index contributed by atoms with van der Waals surface area (Å²) in [5.74, 6) is 1.43. The van der Waals surface area contributed by atoms with Gasteiger partial charge in [-0.1, -0.05) is 97.1 Å². The summed E-state index contributed by atoms with van der Waals surface area (Å²) in [5, 5.41) is 9.87. The number of aromatic hydroxyl groups is 1. The molecule has 0 bridgehead atoms. The summed E-state index contributed by atoms with van der Waals surface area (Å²) in [6.07, 6.45) is 4.44. The fourth-order valence-electron chi connectivity index (χ4n) is 5.62. The quantitative estimate of drug-likeness (QED) is 0.284. The van der Waals surface area contributed by atoms with Crippen molar-refractivity contribution in [3.05, 3.63) is 137 Å². The van der Waals surface area contributed by atoms with Crippen molar-refractivity contribution in [2.75, 3.05) is 13.1 Å². The predicted octanol–water partition coefficient (Wildman–Crippen LogP) is 7.22. The van der Waals surface area contributed by atoms with Crippen LogP contribution < -0.4 is 0 Å². The average Bonchev–Trinajstić information content (AvgIpc) is 2.91. The Balaban J connectivity index is 1.33. The van der Waals surface area contributed by atoms with Crippen LogP contribution in [0, 0.1) is 5.92 Å². The number of phenolic OH excluding ortho intramolecular Hbond substituents is 1. The second kappa shape index (κ2) is 11.4. The monoisotopic (exact) mass is 461 g/mol. The molecule has 0 heterocycles. The second-order valence-corrected chi connectivity index (χ2v) is 9.95. The van der Waals surface area contributed by atoms with Crippen molar-refractivity contribution in [1.29, 1.82) is 0 Å². The van der Waals surface area contributed by atoms with Gasteiger partial charge in [-0.25, -0.2) is 0 Å². The first-order chi connectivity index (χ1) is 17.2. The number of nitrogens with zero attached hydrogens (tertiary/aromatic N) is 1. The maximum absolute atomic E-state index is 9.87. The van der Waals surface area contributed by atoms with Crippen molar-refractivity contribution in [2.45, 2.75) is 38.1 Å². The molecule has 0 aliphatic heterocycles. The molecule has 0 amide bonds. The van der Waals surface area contributed by atoms with Crippen LogP contribution in [0.1, 0.15) is 46.6 Å². The van der Waals surface area contributed by atoms with Gasteiger partial charge in [0.2, 0.25) is 0 Å².